The van der Waals surface area contributed by atoms with Gasteiger partial charge in [0.15, 0.2) is 0 Å². The van der Waals surface area contributed by atoms with Crippen molar-refractivity contribution in [2.45, 2.75) is 33.2 Å². The summed E-state index contributed by atoms with van der Waals surface area (Å²) in [6.45, 7) is 7.01. The van der Waals surface area contributed by atoms with Gasteiger partial charge in [0.2, 0.25) is 0 Å². The third-order valence-electron chi connectivity index (χ3n) is 4.95. The van der Waals surface area contributed by atoms with Crippen LogP contribution in [0.4, 0.5) is 0 Å². The standard InChI is InChI=1S/C16H22N4O/c1-10-4-5-14-18-8-12(20(14)9-10)15(21)19-13-6-11(7-17)16(13,2)3/h4-5,8-9,11,13H,6-7,17H2,1-3H3,(H,19,21). The van der Waals surface area contributed by atoms with Crippen molar-refractivity contribution >= 4 is 11.6 Å². The van der Waals surface area contributed by atoms with Crippen LogP contribution in [0, 0.1) is 18.3 Å². The summed E-state index contributed by atoms with van der Waals surface area (Å²) < 4.78 is 1.84. The second-order valence-electron chi connectivity index (χ2n) is 6.59. The molecular weight excluding hydrogens is 264 g/mol. The Morgan fingerprint density at radius 2 is 2.29 bits per heavy atom. The second kappa shape index (κ2) is 4.84. The molecular formula is C16H22N4O. The number of imidazole rings is 1. The van der Waals surface area contributed by atoms with Gasteiger partial charge in [-0.15, -0.1) is 0 Å². The van der Waals surface area contributed by atoms with E-state index in [0.29, 0.717) is 18.2 Å². The Morgan fingerprint density at radius 1 is 1.52 bits per heavy atom. The van der Waals surface area contributed by atoms with Crippen LogP contribution in [-0.2, 0) is 0 Å². The molecule has 5 nitrogen and oxygen atoms in total. The molecule has 21 heavy (non-hydrogen) atoms. The van der Waals surface area contributed by atoms with Crippen molar-refractivity contribution in [1.29, 1.82) is 0 Å². The van der Waals surface area contributed by atoms with Gasteiger partial charge < -0.3 is 11.1 Å². The molecule has 1 fully saturated rings. The number of amides is 1. The molecule has 2 heterocycles. The summed E-state index contributed by atoms with van der Waals surface area (Å²) in [4.78, 5) is 16.8. The van der Waals surface area contributed by atoms with Crippen molar-refractivity contribution < 1.29 is 4.79 Å². The molecule has 1 amide bonds. The molecule has 1 aliphatic carbocycles. The Morgan fingerprint density at radius 3 is 2.95 bits per heavy atom. The van der Waals surface area contributed by atoms with Gasteiger partial charge in [0, 0.05) is 12.2 Å². The molecule has 3 N–H and O–H groups in total. The number of fused-ring (bicyclic) bond motifs is 1. The van der Waals surface area contributed by atoms with Crippen LogP contribution in [0.2, 0.25) is 0 Å². The van der Waals surface area contributed by atoms with E-state index in [2.05, 4.69) is 24.1 Å². The summed E-state index contributed by atoms with van der Waals surface area (Å²) in [5.74, 6) is 0.411. The number of carbonyl (C=O) groups is 1. The normalized spacial score (nSPS) is 23.8. The first-order chi connectivity index (χ1) is 9.93. The van der Waals surface area contributed by atoms with Gasteiger partial charge in [-0.1, -0.05) is 19.9 Å². The Balaban J connectivity index is 1.81. The minimum Gasteiger partial charge on any atom is -0.347 e. The molecule has 2 atom stereocenters. The number of hydrogen-bond donors (Lipinski definition) is 2. The number of rotatable bonds is 3. The molecule has 2 unspecified atom stereocenters. The highest BCUT2D eigenvalue weighted by Gasteiger charge is 2.47. The van der Waals surface area contributed by atoms with E-state index in [4.69, 9.17) is 5.73 Å². The van der Waals surface area contributed by atoms with E-state index >= 15 is 0 Å². The zero-order valence-corrected chi connectivity index (χ0v) is 12.8. The average Bonchev–Trinajstić information content (AvgIpc) is 2.85. The Hall–Kier alpha value is -1.88. The number of aryl methyl sites for hydroxylation is 1. The van der Waals surface area contributed by atoms with Crippen LogP contribution in [0.1, 0.15) is 36.3 Å². The fraction of sp³-hybridized carbons (Fsp3) is 0.500. The summed E-state index contributed by atoms with van der Waals surface area (Å²) in [7, 11) is 0. The highest BCUT2D eigenvalue weighted by molar-refractivity contribution is 5.93. The lowest BCUT2D eigenvalue weighted by molar-refractivity contribution is 0.0198. The molecule has 0 aromatic carbocycles. The van der Waals surface area contributed by atoms with Gasteiger partial charge in [0.05, 0.1) is 6.20 Å². The number of nitrogens with two attached hydrogens (primary N) is 1. The zero-order chi connectivity index (χ0) is 15.2. The first-order valence-electron chi connectivity index (χ1n) is 7.38. The number of nitrogens with one attached hydrogen (secondary N) is 1. The summed E-state index contributed by atoms with van der Waals surface area (Å²) in [6.07, 6.45) is 4.52. The van der Waals surface area contributed by atoms with Crippen LogP contribution >= 0.6 is 0 Å². The van der Waals surface area contributed by atoms with Gasteiger partial charge in [-0.05, 0) is 42.9 Å². The van der Waals surface area contributed by atoms with Gasteiger partial charge in [0.25, 0.3) is 5.91 Å². The average molecular weight is 286 g/mol. The lowest BCUT2D eigenvalue weighted by Crippen LogP contribution is -2.60. The largest absolute Gasteiger partial charge is 0.347 e. The van der Waals surface area contributed by atoms with E-state index in [-0.39, 0.29) is 17.4 Å². The second-order valence-corrected chi connectivity index (χ2v) is 6.59. The lowest BCUT2D eigenvalue weighted by Gasteiger charge is -2.52. The van der Waals surface area contributed by atoms with E-state index in [9.17, 15) is 4.79 Å². The Labute approximate surface area is 124 Å². The van der Waals surface area contributed by atoms with E-state index in [1.165, 1.54) is 0 Å². The fourth-order valence-electron chi connectivity index (χ4n) is 3.15. The number of nitrogens with zero attached hydrogens (tertiary/aromatic N) is 2. The summed E-state index contributed by atoms with van der Waals surface area (Å²) in [6, 6.07) is 4.09. The molecule has 2 aromatic rings. The maximum Gasteiger partial charge on any atom is 0.270 e. The van der Waals surface area contributed by atoms with Crippen LogP contribution in [0.15, 0.2) is 24.5 Å². The fourth-order valence-corrected chi connectivity index (χ4v) is 3.15. The van der Waals surface area contributed by atoms with E-state index in [1.807, 2.05) is 29.7 Å². The summed E-state index contributed by atoms with van der Waals surface area (Å²) in [5, 5.41) is 3.13. The first kappa shape index (κ1) is 14.1. The minimum absolute atomic E-state index is 0.0564. The summed E-state index contributed by atoms with van der Waals surface area (Å²) >= 11 is 0. The van der Waals surface area contributed by atoms with Crippen molar-refractivity contribution in [2.24, 2.45) is 17.1 Å². The zero-order valence-electron chi connectivity index (χ0n) is 12.8. The molecule has 0 radical (unpaired) electrons. The van der Waals surface area contributed by atoms with Crippen LogP contribution in [0.25, 0.3) is 5.65 Å². The van der Waals surface area contributed by atoms with Crippen molar-refractivity contribution in [2.75, 3.05) is 6.54 Å². The smallest absolute Gasteiger partial charge is 0.270 e. The van der Waals surface area contributed by atoms with E-state index in [1.54, 1.807) is 6.20 Å². The third kappa shape index (κ3) is 2.21. The molecule has 112 valence electrons. The maximum atomic E-state index is 12.5. The molecule has 0 spiro atoms. The highest BCUT2D eigenvalue weighted by Crippen LogP contribution is 2.45. The molecule has 2 aromatic heterocycles. The molecule has 0 aliphatic heterocycles. The van der Waals surface area contributed by atoms with Crippen molar-refractivity contribution in [3.05, 3.63) is 35.8 Å². The van der Waals surface area contributed by atoms with Crippen molar-refractivity contribution in [3.8, 4) is 0 Å². The topological polar surface area (TPSA) is 72.4 Å². The number of carbonyl (C=O) groups excluding carboxylic acids is 1. The molecule has 5 heteroatoms. The van der Waals surface area contributed by atoms with Gasteiger partial charge >= 0.3 is 0 Å². The molecule has 1 saturated carbocycles. The van der Waals surface area contributed by atoms with Crippen molar-refractivity contribution in [3.63, 3.8) is 0 Å². The predicted octanol–water partition coefficient (Wildman–Crippen LogP) is 1.75. The molecule has 0 bridgehead atoms. The Bertz CT molecular complexity index is 689. The Kier molecular flexibility index (Phi) is 3.24. The van der Waals surface area contributed by atoms with Gasteiger partial charge in [-0.2, -0.15) is 0 Å². The van der Waals surface area contributed by atoms with Crippen LogP contribution in [0.3, 0.4) is 0 Å². The highest BCUT2D eigenvalue weighted by atomic mass is 16.2. The number of aromatic nitrogens is 2. The van der Waals surface area contributed by atoms with Gasteiger partial charge in [0.1, 0.15) is 11.3 Å². The maximum absolute atomic E-state index is 12.5. The molecule has 0 saturated heterocycles. The molecule has 3 rings (SSSR count). The monoisotopic (exact) mass is 286 g/mol. The van der Waals surface area contributed by atoms with Gasteiger partial charge in [-0.3, -0.25) is 9.20 Å². The van der Waals surface area contributed by atoms with E-state index in [0.717, 1.165) is 17.6 Å². The lowest BCUT2D eigenvalue weighted by atomic mass is 9.58. The van der Waals surface area contributed by atoms with Crippen LogP contribution in [-0.4, -0.2) is 27.9 Å². The number of pyridine rings is 1. The first-order valence-corrected chi connectivity index (χ1v) is 7.38. The van der Waals surface area contributed by atoms with Gasteiger partial charge in [-0.25, -0.2) is 4.98 Å². The summed E-state index contributed by atoms with van der Waals surface area (Å²) in [5.41, 5.74) is 8.29. The minimum atomic E-state index is -0.0679. The molecule has 1 aliphatic rings. The quantitative estimate of drug-likeness (QED) is 0.903. The van der Waals surface area contributed by atoms with Crippen LogP contribution in [0.5, 0.6) is 0 Å². The van der Waals surface area contributed by atoms with Crippen LogP contribution < -0.4 is 11.1 Å². The third-order valence-corrected chi connectivity index (χ3v) is 4.95. The van der Waals surface area contributed by atoms with E-state index < -0.39 is 0 Å². The predicted molar refractivity (Wildman–Crippen MR) is 82.1 cm³/mol. The van der Waals surface area contributed by atoms with Crippen molar-refractivity contribution in [1.82, 2.24) is 14.7 Å². The SMILES string of the molecule is Cc1ccc2ncc(C(=O)NC3CC(CN)C3(C)C)n2c1. The number of hydrogen-bond acceptors (Lipinski definition) is 3.